The summed E-state index contributed by atoms with van der Waals surface area (Å²) < 4.78 is 1.68. The van der Waals surface area contributed by atoms with Gasteiger partial charge in [0, 0.05) is 25.9 Å². The minimum Gasteiger partial charge on any atom is -0.345 e. The van der Waals surface area contributed by atoms with E-state index in [2.05, 4.69) is 11.2 Å². The number of carbonyl (C=O) groups excluding carboxylic acids is 1. The lowest BCUT2D eigenvalue weighted by molar-refractivity contribution is 0.0828. The molecule has 0 saturated carbocycles. The molecule has 1 aromatic heterocycles. The highest BCUT2D eigenvalue weighted by Crippen LogP contribution is 2.30. The largest absolute Gasteiger partial charge is 0.345 e. The van der Waals surface area contributed by atoms with Crippen LogP contribution in [0.3, 0.4) is 0 Å². The Hall–Kier alpha value is -3.13. The van der Waals surface area contributed by atoms with Crippen LogP contribution in [0.15, 0.2) is 48.7 Å². The third kappa shape index (κ3) is 2.86. The molecule has 3 aromatic rings. The van der Waals surface area contributed by atoms with Crippen molar-refractivity contribution in [3.8, 4) is 17.3 Å². The highest BCUT2D eigenvalue weighted by atomic mass is 16.2. The Morgan fingerprint density at radius 3 is 2.71 bits per heavy atom. The molecule has 1 amide bonds. The lowest BCUT2D eigenvalue weighted by atomic mass is 10.00. The van der Waals surface area contributed by atoms with Gasteiger partial charge in [0.15, 0.2) is 0 Å². The number of nitriles is 1. The van der Waals surface area contributed by atoms with Crippen LogP contribution in [0.25, 0.3) is 22.0 Å². The Kier molecular flexibility index (Phi) is 4.30. The summed E-state index contributed by atoms with van der Waals surface area (Å²) >= 11 is 0. The van der Waals surface area contributed by atoms with Gasteiger partial charge in [-0.15, -0.1) is 0 Å². The van der Waals surface area contributed by atoms with Gasteiger partial charge < -0.3 is 4.90 Å². The molecule has 0 unspecified atom stereocenters. The first-order chi connectivity index (χ1) is 11.6. The minimum absolute atomic E-state index is 0.0962. The molecular formula is C19H18N4O. The molecule has 2 aromatic carbocycles. The topological polar surface area (TPSA) is 61.9 Å². The Labute approximate surface area is 140 Å². The predicted octanol–water partition coefficient (Wildman–Crippen LogP) is 3.32. The number of rotatable bonds is 4. The lowest BCUT2D eigenvalue weighted by Crippen LogP contribution is -2.21. The van der Waals surface area contributed by atoms with Crippen molar-refractivity contribution in [2.75, 3.05) is 14.1 Å². The van der Waals surface area contributed by atoms with Crippen LogP contribution in [0.1, 0.15) is 16.8 Å². The number of hydrogen-bond donors (Lipinski definition) is 0. The average Bonchev–Trinajstić information content (AvgIpc) is 3.02. The van der Waals surface area contributed by atoms with Crippen LogP contribution >= 0.6 is 0 Å². The summed E-state index contributed by atoms with van der Waals surface area (Å²) in [5.74, 6) is -0.0962. The van der Waals surface area contributed by atoms with E-state index in [0.29, 0.717) is 24.2 Å². The van der Waals surface area contributed by atoms with Crippen LogP contribution in [0, 0.1) is 11.3 Å². The zero-order valence-corrected chi connectivity index (χ0v) is 13.7. The second kappa shape index (κ2) is 6.55. The molecule has 0 saturated heterocycles. The molecule has 0 spiro atoms. The van der Waals surface area contributed by atoms with Gasteiger partial charge >= 0.3 is 0 Å². The molecule has 0 radical (unpaired) electrons. The number of carbonyl (C=O) groups is 1. The van der Waals surface area contributed by atoms with Gasteiger partial charge in [-0.1, -0.05) is 42.5 Å². The first-order valence-corrected chi connectivity index (χ1v) is 7.76. The SMILES string of the molecule is CN(C)C(=O)c1cn(CCC#N)nc1-c1cccc2ccccc12. The van der Waals surface area contributed by atoms with Gasteiger partial charge in [-0.25, -0.2) is 0 Å². The molecule has 0 aliphatic rings. The second-order valence-electron chi connectivity index (χ2n) is 5.79. The maximum absolute atomic E-state index is 12.6. The molecule has 120 valence electrons. The van der Waals surface area contributed by atoms with E-state index in [9.17, 15) is 4.79 Å². The third-order valence-electron chi connectivity index (χ3n) is 3.90. The van der Waals surface area contributed by atoms with Gasteiger partial charge in [-0.2, -0.15) is 10.4 Å². The molecule has 0 bridgehead atoms. The van der Waals surface area contributed by atoms with Gasteiger partial charge in [0.25, 0.3) is 5.91 Å². The highest BCUT2D eigenvalue weighted by molar-refractivity contribution is 6.04. The van der Waals surface area contributed by atoms with Crippen LogP contribution in [0.2, 0.25) is 0 Å². The Balaban J connectivity index is 2.19. The number of amides is 1. The van der Waals surface area contributed by atoms with Gasteiger partial charge in [0.05, 0.1) is 24.6 Å². The quantitative estimate of drug-likeness (QED) is 0.741. The van der Waals surface area contributed by atoms with Crippen molar-refractivity contribution in [3.05, 3.63) is 54.2 Å². The summed E-state index contributed by atoms with van der Waals surface area (Å²) in [6, 6.07) is 16.1. The zero-order chi connectivity index (χ0) is 17.1. The average molecular weight is 318 g/mol. The molecule has 24 heavy (non-hydrogen) atoms. The molecule has 0 N–H and O–H groups in total. The Morgan fingerprint density at radius 2 is 1.96 bits per heavy atom. The molecule has 3 rings (SSSR count). The molecule has 5 heteroatoms. The Bertz CT molecular complexity index is 929. The molecule has 5 nitrogen and oxygen atoms in total. The van der Waals surface area contributed by atoms with Crippen molar-refractivity contribution >= 4 is 16.7 Å². The third-order valence-corrected chi connectivity index (χ3v) is 3.90. The number of benzene rings is 2. The molecular weight excluding hydrogens is 300 g/mol. The minimum atomic E-state index is -0.0962. The summed E-state index contributed by atoms with van der Waals surface area (Å²) in [5, 5.41) is 15.5. The first-order valence-electron chi connectivity index (χ1n) is 7.76. The molecule has 0 aliphatic heterocycles. The number of nitrogens with zero attached hydrogens (tertiary/aromatic N) is 4. The van der Waals surface area contributed by atoms with Crippen LogP contribution in [0.4, 0.5) is 0 Å². The van der Waals surface area contributed by atoms with Crippen LogP contribution in [-0.2, 0) is 6.54 Å². The van der Waals surface area contributed by atoms with Gasteiger partial charge in [-0.3, -0.25) is 9.48 Å². The fourth-order valence-corrected chi connectivity index (χ4v) is 2.73. The van der Waals surface area contributed by atoms with Crippen molar-refractivity contribution in [1.29, 1.82) is 5.26 Å². The van der Waals surface area contributed by atoms with Crippen LogP contribution < -0.4 is 0 Å². The predicted molar refractivity (Wildman–Crippen MR) is 93.4 cm³/mol. The maximum Gasteiger partial charge on any atom is 0.257 e. The monoisotopic (exact) mass is 318 g/mol. The fraction of sp³-hybridized carbons (Fsp3) is 0.211. The summed E-state index contributed by atoms with van der Waals surface area (Å²) in [5.41, 5.74) is 2.13. The van der Waals surface area contributed by atoms with E-state index in [1.807, 2.05) is 42.5 Å². The summed E-state index contributed by atoms with van der Waals surface area (Å²) in [7, 11) is 3.45. The van der Waals surface area contributed by atoms with E-state index in [4.69, 9.17) is 5.26 Å². The smallest absolute Gasteiger partial charge is 0.257 e. The van der Waals surface area contributed by atoms with Crippen molar-refractivity contribution in [2.24, 2.45) is 0 Å². The highest BCUT2D eigenvalue weighted by Gasteiger charge is 2.20. The number of aromatic nitrogens is 2. The lowest BCUT2D eigenvalue weighted by Gasteiger charge is -2.11. The van der Waals surface area contributed by atoms with E-state index >= 15 is 0 Å². The second-order valence-corrected chi connectivity index (χ2v) is 5.79. The van der Waals surface area contributed by atoms with Gasteiger partial charge in [-0.05, 0) is 10.8 Å². The fourth-order valence-electron chi connectivity index (χ4n) is 2.73. The van der Waals surface area contributed by atoms with Crippen molar-refractivity contribution in [1.82, 2.24) is 14.7 Å². The van der Waals surface area contributed by atoms with Crippen LogP contribution in [-0.4, -0.2) is 34.7 Å². The van der Waals surface area contributed by atoms with Crippen molar-refractivity contribution < 1.29 is 4.79 Å². The van der Waals surface area contributed by atoms with Gasteiger partial charge in [0.1, 0.15) is 5.69 Å². The first kappa shape index (κ1) is 15.8. The standard InChI is InChI=1S/C19H18N4O/c1-22(2)19(24)17-13-23(12-6-11-20)21-18(17)16-10-5-8-14-7-3-4-9-15(14)16/h3-5,7-10,13H,6,12H2,1-2H3. The van der Waals surface area contributed by atoms with Gasteiger partial charge in [0.2, 0.25) is 0 Å². The molecule has 1 heterocycles. The van der Waals surface area contributed by atoms with E-state index in [1.54, 1.807) is 29.9 Å². The maximum atomic E-state index is 12.6. The Morgan fingerprint density at radius 1 is 1.21 bits per heavy atom. The summed E-state index contributed by atoms with van der Waals surface area (Å²) in [4.78, 5) is 14.1. The molecule has 0 aliphatic carbocycles. The van der Waals surface area contributed by atoms with E-state index in [0.717, 1.165) is 16.3 Å². The number of aryl methyl sites for hydroxylation is 1. The normalized spacial score (nSPS) is 10.5. The van der Waals surface area contributed by atoms with Crippen LogP contribution in [0.5, 0.6) is 0 Å². The van der Waals surface area contributed by atoms with E-state index < -0.39 is 0 Å². The molecule has 0 atom stereocenters. The number of fused-ring (bicyclic) bond motifs is 1. The zero-order valence-electron chi connectivity index (χ0n) is 13.7. The summed E-state index contributed by atoms with van der Waals surface area (Å²) in [6.45, 7) is 0.467. The van der Waals surface area contributed by atoms with Crippen molar-refractivity contribution in [3.63, 3.8) is 0 Å². The summed E-state index contributed by atoms with van der Waals surface area (Å²) in [6.07, 6.45) is 2.09. The number of hydrogen-bond acceptors (Lipinski definition) is 3. The molecule has 0 fully saturated rings. The van der Waals surface area contributed by atoms with E-state index in [-0.39, 0.29) is 5.91 Å². The van der Waals surface area contributed by atoms with Crippen molar-refractivity contribution in [2.45, 2.75) is 13.0 Å². The van der Waals surface area contributed by atoms with E-state index in [1.165, 1.54) is 0 Å².